The van der Waals surface area contributed by atoms with E-state index in [1.807, 2.05) is 0 Å². The molecule has 0 aromatic heterocycles. The SMILES string of the molecule is C=CC(=O)OC(CC)S(=O)(=O)O.[H-].[K+]. The fourth-order valence-electron chi connectivity index (χ4n) is 0.532. The van der Waals surface area contributed by atoms with Gasteiger partial charge in [-0.05, 0) is 6.42 Å². The average molecular weight is 234 g/mol. The summed E-state index contributed by atoms with van der Waals surface area (Å²) in [5, 5.41) is 0. The summed E-state index contributed by atoms with van der Waals surface area (Å²) in [7, 11) is -4.31. The minimum Gasteiger partial charge on any atom is -1.00 e. The van der Waals surface area contributed by atoms with Crippen molar-refractivity contribution in [1.29, 1.82) is 0 Å². The van der Waals surface area contributed by atoms with Gasteiger partial charge in [0.15, 0.2) is 0 Å². The second-order valence-electron chi connectivity index (χ2n) is 1.99. The Labute approximate surface area is 121 Å². The number of esters is 1. The van der Waals surface area contributed by atoms with E-state index in [2.05, 4.69) is 11.3 Å². The topological polar surface area (TPSA) is 80.7 Å². The minimum absolute atomic E-state index is 0. The van der Waals surface area contributed by atoms with Crippen molar-refractivity contribution in [1.82, 2.24) is 0 Å². The van der Waals surface area contributed by atoms with Gasteiger partial charge >= 0.3 is 67.5 Å². The Hall–Kier alpha value is 0.756. The number of hydrogen-bond donors (Lipinski definition) is 1. The normalized spacial score (nSPS) is 12.5. The van der Waals surface area contributed by atoms with Gasteiger partial charge < -0.3 is 6.16 Å². The maximum absolute atomic E-state index is 10.5. The molecule has 13 heavy (non-hydrogen) atoms. The predicted octanol–water partition coefficient (Wildman–Crippen LogP) is -2.54. The van der Waals surface area contributed by atoms with Crippen molar-refractivity contribution >= 4 is 16.1 Å². The summed E-state index contributed by atoms with van der Waals surface area (Å²) in [4.78, 5) is 10.5. The Morgan fingerprint density at radius 3 is 2.46 bits per heavy atom. The van der Waals surface area contributed by atoms with Crippen molar-refractivity contribution in [2.45, 2.75) is 18.8 Å². The van der Waals surface area contributed by atoms with Crippen LogP contribution in [0, 0.1) is 0 Å². The smallest absolute Gasteiger partial charge is 1.00 e. The van der Waals surface area contributed by atoms with Crippen LogP contribution in [0.1, 0.15) is 14.8 Å². The number of carbonyl (C=O) groups is 1. The molecule has 5 nitrogen and oxygen atoms in total. The van der Waals surface area contributed by atoms with Gasteiger partial charge in [0.1, 0.15) is 0 Å². The summed E-state index contributed by atoms with van der Waals surface area (Å²) < 4.78 is 33.7. The molecule has 7 heteroatoms. The molecule has 0 aliphatic carbocycles. The predicted molar refractivity (Wildman–Crippen MR) is 43.0 cm³/mol. The van der Waals surface area contributed by atoms with Crippen molar-refractivity contribution in [2.24, 2.45) is 0 Å². The Bertz CT molecular complexity index is 276. The summed E-state index contributed by atoms with van der Waals surface area (Å²) in [5.74, 6) is -0.875. The van der Waals surface area contributed by atoms with Crippen LogP contribution in [0.4, 0.5) is 0 Å². The molecule has 0 aliphatic rings. The van der Waals surface area contributed by atoms with Gasteiger partial charge in [0, 0.05) is 6.08 Å². The van der Waals surface area contributed by atoms with Gasteiger partial charge in [-0.2, -0.15) is 8.42 Å². The van der Waals surface area contributed by atoms with E-state index in [0.717, 1.165) is 6.08 Å². The van der Waals surface area contributed by atoms with Gasteiger partial charge in [0.05, 0.1) is 0 Å². The molecule has 0 spiro atoms. The largest absolute Gasteiger partial charge is 1.00 e. The van der Waals surface area contributed by atoms with E-state index in [-0.39, 0.29) is 59.2 Å². The zero-order chi connectivity index (χ0) is 9.78. The first-order chi connectivity index (χ1) is 5.41. The standard InChI is InChI=1S/C6H10O5S.K.H/c1-3-5(7)11-6(4-2)12(8,9)10;;/h3,6H,1,4H2,2H3,(H,8,9,10);;/q;+1;-1. The molecule has 1 N–H and O–H groups in total. The molecule has 1 unspecified atom stereocenters. The molecule has 0 aliphatic heterocycles. The van der Waals surface area contributed by atoms with Crippen LogP contribution in [0.5, 0.6) is 0 Å². The molecule has 0 aromatic rings. The maximum atomic E-state index is 10.5. The van der Waals surface area contributed by atoms with Crippen molar-refractivity contribution in [3.63, 3.8) is 0 Å². The fourth-order valence-corrected chi connectivity index (χ4v) is 1.17. The van der Waals surface area contributed by atoms with Crippen LogP contribution in [-0.4, -0.2) is 24.4 Å². The number of ether oxygens (including phenoxy) is 1. The molecule has 72 valence electrons. The van der Waals surface area contributed by atoms with E-state index in [1.54, 1.807) is 0 Å². The zero-order valence-corrected chi connectivity index (χ0v) is 11.5. The molecule has 0 heterocycles. The van der Waals surface area contributed by atoms with E-state index >= 15 is 0 Å². The van der Waals surface area contributed by atoms with Gasteiger partial charge in [-0.25, -0.2) is 4.79 Å². The molecule has 0 aromatic carbocycles. The van der Waals surface area contributed by atoms with Crippen LogP contribution in [0.3, 0.4) is 0 Å². The van der Waals surface area contributed by atoms with E-state index < -0.39 is 21.5 Å². The first-order valence-corrected chi connectivity index (χ1v) is 4.71. The summed E-state index contributed by atoms with van der Waals surface area (Å²) in [6.45, 7) is 4.55. The molecule has 0 rings (SSSR count). The second-order valence-corrected chi connectivity index (χ2v) is 3.55. The minimum atomic E-state index is -4.31. The molecule has 0 amide bonds. The molecule has 0 saturated heterocycles. The third-order valence-corrected chi connectivity index (χ3v) is 2.17. The monoisotopic (exact) mass is 234 g/mol. The van der Waals surface area contributed by atoms with Gasteiger partial charge in [-0.15, -0.1) is 0 Å². The molecular weight excluding hydrogens is 223 g/mol. The first kappa shape index (κ1) is 16.2. The number of rotatable bonds is 4. The van der Waals surface area contributed by atoms with E-state index in [0.29, 0.717) is 0 Å². The van der Waals surface area contributed by atoms with Gasteiger partial charge in [0.2, 0.25) is 5.44 Å². The van der Waals surface area contributed by atoms with E-state index in [1.165, 1.54) is 6.92 Å². The van der Waals surface area contributed by atoms with Crippen molar-refractivity contribution < 1.29 is 75.3 Å². The Morgan fingerprint density at radius 2 is 2.23 bits per heavy atom. The quantitative estimate of drug-likeness (QED) is 0.251. The summed E-state index contributed by atoms with van der Waals surface area (Å²) in [6, 6.07) is 0. The summed E-state index contributed by atoms with van der Waals surface area (Å²) in [6.07, 6.45) is 0.826. The number of carbonyl (C=O) groups excluding carboxylic acids is 1. The Morgan fingerprint density at radius 1 is 1.77 bits per heavy atom. The van der Waals surface area contributed by atoms with Crippen LogP contribution >= 0.6 is 0 Å². The summed E-state index contributed by atoms with van der Waals surface area (Å²) in [5.41, 5.74) is -1.50. The maximum Gasteiger partial charge on any atom is 1.00 e. The third kappa shape index (κ3) is 6.78. The third-order valence-electron chi connectivity index (χ3n) is 1.08. The van der Waals surface area contributed by atoms with E-state index in [9.17, 15) is 13.2 Å². The van der Waals surface area contributed by atoms with Gasteiger partial charge in [-0.3, -0.25) is 4.55 Å². The van der Waals surface area contributed by atoms with Gasteiger partial charge in [0.25, 0.3) is 0 Å². The van der Waals surface area contributed by atoms with E-state index in [4.69, 9.17) is 4.55 Å². The molecular formula is C6H11KO5S. The molecule has 0 fully saturated rings. The summed E-state index contributed by atoms with van der Waals surface area (Å²) >= 11 is 0. The first-order valence-electron chi connectivity index (χ1n) is 3.21. The van der Waals surface area contributed by atoms with Crippen LogP contribution in [0.2, 0.25) is 0 Å². The van der Waals surface area contributed by atoms with Crippen LogP contribution in [0.25, 0.3) is 0 Å². The molecule has 0 bridgehead atoms. The molecule has 1 atom stereocenters. The Kier molecular flexibility index (Phi) is 8.85. The number of hydrogen-bond acceptors (Lipinski definition) is 4. The Balaban J connectivity index is -0.000000605. The van der Waals surface area contributed by atoms with Crippen molar-refractivity contribution in [3.05, 3.63) is 12.7 Å². The van der Waals surface area contributed by atoms with Crippen molar-refractivity contribution in [2.75, 3.05) is 0 Å². The van der Waals surface area contributed by atoms with Gasteiger partial charge in [-0.1, -0.05) is 13.5 Å². The van der Waals surface area contributed by atoms with Crippen LogP contribution in [-0.2, 0) is 19.6 Å². The zero-order valence-electron chi connectivity index (χ0n) is 8.56. The fraction of sp³-hybridized carbons (Fsp3) is 0.500. The van der Waals surface area contributed by atoms with Crippen molar-refractivity contribution in [3.8, 4) is 0 Å². The van der Waals surface area contributed by atoms with Crippen LogP contribution < -0.4 is 51.4 Å². The molecule has 0 saturated carbocycles. The molecule has 0 radical (unpaired) electrons. The second kappa shape index (κ2) is 7.10. The average Bonchev–Trinajstić information content (AvgIpc) is 1.97. The van der Waals surface area contributed by atoms with Crippen LogP contribution in [0.15, 0.2) is 12.7 Å².